The molecule has 0 radical (unpaired) electrons. The third-order valence-electron chi connectivity index (χ3n) is 4.12. The van der Waals surface area contributed by atoms with Crippen molar-refractivity contribution in [3.63, 3.8) is 0 Å². The molecule has 0 aliphatic heterocycles. The minimum absolute atomic E-state index is 0.0891. The van der Waals surface area contributed by atoms with Gasteiger partial charge in [-0.1, -0.05) is 19.8 Å². The van der Waals surface area contributed by atoms with Crippen LogP contribution in [0, 0.1) is 5.82 Å². The van der Waals surface area contributed by atoms with Crippen molar-refractivity contribution in [2.45, 2.75) is 32.7 Å². The number of halogens is 1. The van der Waals surface area contributed by atoms with E-state index in [2.05, 4.69) is 22.2 Å². The fraction of sp³-hybridized carbons (Fsp3) is 0.316. The Morgan fingerprint density at radius 1 is 1.23 bits per heavy atom. The number of methoxy groups -OCH3 is 1. The molecule has 0 saturated heterocycles. The van der Waals surface area contributed by atoms with Crippen LogP contribution < -0.4 is 15.6 Å². The molecule has 136 valence electrons. The van der Waals surface area contributed by atoms with Gasteiger partial charge >= 0.3 is 0 Å². The predicted molar refractivity (Wildman–Crippen MR) is 99.6 cm³/mol. The van der Waals surface area contributed by atoms with E-state index >= 15 is 0 Å². The largest absolute Gasteiger partial charge is 0.494 e. The van der Waals surface area contributed by atoms with Crippen LogP contribution in [0.1, 0.15) is 26.2 Å². The molecule has 0 spiro atoms. The van der Waals surface area contributed by atoms with Gasteiger partial charge in [0.15, 0.2) is 11.6 Å². The number of nitrogens with zero attached hydrogens (tertiary/aromatic N) is 3. The number of aromatic nitrogens is 3. The van der Waals surface area contributed by atoms with Crippen molar-refractivity contribution in [3.05, 3.63) is 52.7 Å². The summed E-state index contributed by atoms with van der Waals surface area (Å²) in [5.74, 6) is -0.00795. The number of unbranched alkanes of at least 4 members (excludes halogenated alkanes) is 2. The first kappa shape index (κ1) is 17.8. The number of rotatable bonds is 7. The first-order valence-electron chi connectivity index (χ1n) is 8.59. The fourth-order valence-electron chi connectivity index (χ4n) is 2.74. The standard InChI is InChI=1S/C19H21FN4O2/c1-3-4-5-10-24-17(25)9-6-13-12-21-19(23-18(13)24)22-14-7-8-16(26-2)15(20)11-14/h6-9,11-12H,3-5,10H2,1-2H3,(H,21,22,23). The zero-order valence-corrected chi connectivity index (χ0v) is 14.8. The Balaban J connectivity index is 1.93. The van der Waals surface area contributed by atoms with Crippen LogP contribution in [-0.4, -0.2) is 21.6 Å². The molecule has 26 heavy (non-hydrogen) atoms. The maximum absolute atomic E-state index is 13.8. The van der Waals surface area contributed by atoms with E-state index < -0.39 is 5.82 Å². The minimum Gasteiger partial charge on any atom is -0.494 e. The number of hydrogen-bond acceptors (Lipinski definition) is 5. The molecule has 3 aromatic rings. The van der Waals surface area contributed by atoms with Gasteiger partial charge in [0.05, 0.1) is 7.11 Å². The van der Waals surface area contributed by atoms with Crippen molar-refractivity contribution in [3.8, 4) is 5.75 Å². The summed E-state index contributed by atoms with van der Waals surface area (Å²) in [7, 11) is 1.41. The van der Waals surface area contributed by atoms with Crippen molar-refractivity contribution in [2.75, 3.05) is 12.4 Å². The third kappa shape index (κ3) is 3.82. The molecule has 0 bridgehead atoms. The summed E-state index contributed by atoms with van der Waals surface area (Å²) in [6.07, 6.45) is 4.68. The second-order valence-electron chi connectivity index (χ2n) is 5.98. The molecule has 0 fully saturated rings. The molecule has 6 nitrogen and oxygen atoms in total. The van der Waals surface area contributed by atoms with E-state index in [0.29, 0.717) is 23.8 Å². The van der Waals surface area contributed by atoms with Gasteiger partial charge in [0, 0.05) is 35.9 Å². The number of hydrogen-bond donors (Lipinski definition) is 1. The highest BCUT2D eigenvalue weighted by Gasteiger charge is 2.09. The van der Waals surface area contributed by atoms with E-state index in [1.807, 2.05) is 0 Å². The number of aryl methyl sites for hydroxylation is 1. The Kier molecular flexibility index (Phi) is 5.46. The average Bonchev–Trinajstić information content (AvgIpc) is 2.64. The first-order valence-corrected chi connectivity index (χ1v) is 8.59. The number of ether oxygens (including phenoxy) is 1. The highest BCUT2D eigenvalue weighted by atomic mass is 19.1. The van der Waals surface area contributed by atoms with Gasteiger partial charge < -0.3 is 10.1 Å². The Morgan fingerprint density at radius 2 is 2.08 bits per heavy atom. The second-order valence-corrected chi connectivity index (χ2v) is 5.98. The van der Waals surface area contributed by atoms with Crippen molar-refractivity contribution >= 4 is 22.7 Å². The normalized spacial score (nSPS) is 10.9. The monoisotopic (exact) mass is 356 g/mol. The van der Waals surface area contributed by atoms with Gasteiger partial charge in [0.2, 0.25) is 5.95 Å². The molecule has 3 rings (SSSR count). The van der Waals surface area contributed by atoms with Crippen LogP contribution in [0.25, 0.3) is 11.0 Å². The number of nitrogens with one attached hydrogen (secondary N) is 1. The maximum atomic E-state index is 13.8. The third-order valence-corrected chi connectivity index (χ3v) is 4.12. The van der Waals surface area contributed by atoms with E-state index in [0.717, 1.165) is 24.6 Å². The van der Waals surface area contributed by atoms with E-state index in [9.17, 15) is 9.18 Å². The molecule has 0 saturated carbocycles. The lowest BCUT2D eigenvalue weighted by Gasteiger charge is -2.11. The molecule has 2 heterocycles. The topological polar surface area (TPSA) is 69.0 Å². The van der Waals surface area contributed by atoms with Crippen LogP contribution in [0.4, 0.5) is 16.0 Å². The van der Waals surface area contributed by atoms with Crippen molar-refractivity contribution in [2.24, 2.45) is 0 Å². The number of benzene rings is 1. The molecule has 7 heteroatoms. The molecule has 1 N–H and O–H groups in total. The van der Waals surface area contributed by atoms with E-state index in [1.165, 1.54) is 25.3 Å². The molecule has 0 amide bonds. The van der Waals surface area contributed by atoms with Gasteiger partial charge in [0.1, 0.15) is 5.65 Å². The Labute approximate surface area is 150 Å². The van der Waals surface area contributed by atoms with Gasteiger partial charge in [0.25, 0.3) is 5.56 Å². The van der Waals surface area contributed by atoms with Crippen molar-refractivity contribution in [1.82, 2.24) is 14.5 Å². The van der Waals surface area contributed by atoms with Crippen LogP contribution in [-0.2, 0) is 6.54 Å². The molecule has 1 aromatic carbocycles. The van der Waals surface area contributed by atoms with Crippen LogP contribution in [0.3, 0.4) is 0 Å². The Morgan fingerprint density at radius 3 is 2.81 bits per heavy atom. The van der Waals surface area contributed by atoms with Crippen LogP contribution in [0.5, 0.6) is 5.75 Å². The summed E-state index contributed by atoms with van der Waals surface area (Å²) in [5.41, 5.74) is 0.979. The molecular formula is C19H21FN4O2. The lowest BCUT2D eigenvalue weighted by atomic mass is 10.2. The number of pyridine rings is 1. The van der Waals surface area contributed by atoms with E-state index in [4.69, 9.17) is 4.74 Å². The number of fused-ring (bicyclic) bond motifs is 1. The van der Waals surface area contributed by atoms with Crippen LogP contribution in [0.15, 0.2) is 41.3 Å². The van der Waals surface area contributed by atoms with Gasteiger partial charge in [-0.3, -0.25) is 9.36 Å². The second kappa shape index (κ2) is 7.95. The first-order chi connectivity index (χ1) is 12.6. The average molecular weight is 356 g/mol. The van der Waals surface area contributed by atoms with Gasteiger partial charge in [-0.2, -0.15) is 4.98 Å². The summed E-state index contributed by atoms with van der Waals surface area (Å²) in [6, 6.07) is 7.76. The zero-order chi connectivity index (χ0) is 18.5. The Bertz CT molecular complexity index is 971. The Hall–Kier alpha value is -2.96. The summed E-state index contributed by atoms with van der Waals surface area (Å²) in [6.45, 7) is 2.72. The van der Waals surface area contributed by atoms with E-state index in [1.54, 1.807) is 22.9 Å². The lowest BCUT2D eigenvalue weighted by Crippen LogP contribution is -2.20. The molecule has 0 aliphatic carbocycles. The van der Waals surface area contributed by atoms with Crippen LogP contribution >= 0.6 is 0 Å². The maximum Gasteiger partial charge on any atom is 0.252 e. The molecule has 0 unspecified atom stereocenters. The minimum atomic E-state index is -0.477. The molecule has 0 aliphatic rings. The summed E-state index contributed by atoms with van der Waals surface area (Å²) >= 11 is 0. The summed E-state index contributed by atoms with van der Waals surface area (Å²) in [5, 5.41) is 3.75. The van der Waals surface area contributed by atoms with Gasteiger partial charge in [-0.15, -0.1) is 0 Å². The lowest BCUT2D eigenvalue weighted by molar-refractivity contribution is 0.386. The van der Waals surface area contributed by atoms with Crippen molar-refractivity contribution < 1.29 is 9.13 Å². The van der Waals surface area contributed by atoms with E-state index in [-0.39, 0.29) is 11.3 Å². The van der Waals surface area contributed by atoms with Gasteiger partial charge in [-0.05, 0) is 24.6 Å². The quantitative estimate of drug-likeness (QED) is 0.651. The van der Waals surface area contributed by atoms with Crippen LogP contribution in [0.2, 0.25) is 0 Å². The van der Waals surface area contributed by atoms with Gasteiger partial charge in [-0.25, -0.2) is 9.37 Å². The number of anilines is 2. The SMILES string of the molecule is CCCCCn1c(=O)ccc2cnc(Nc3ccc(OC)c(F)c3)nc21. The molecule has 2 aromatic heterocycles. The molecule has 0 atom stereocenters. The van der Waals surface area contributed by atoms with Crippen molar-refractivity contribution in [1.29, 1.82) is 0 Å². The zero-order valence-electron chi connectivity index (χ0n) is 14.8. The predicted octanol–water partition coefficient (Wildman–Crippen LogP) is 3.87. The molecular weight excluding hydrogens is 335 g/mol. The highest BCUT2D eigenvalue weighted by molar-refractivity contribution is 5.75. The summed E-state index contributed by atoms with van der Waals surface area (Å²) in [4.78, 5) is 21.0. The smallest absolute Gasteiger partial charge is 0.252 e. The summed E-state index contributed by atoms with van der Waals surface area (Å²) < 4.78 is 20.4. The fourth-order valence-corrected chi connectivity index (χ4v) is 2.74. The highest BCUT2D eigenvalue weighted by Crippen LogP contribution is 2.23.